The van der Waals surface area contributed by atoms with Gasteiger partial charge in [-0.3, -0.25) is 9.59 Å². The van der Waals surface area contributed by atoms with Gasteiger partial charge in [0.05, 0.1) is 12.3 Å². The molecule has 0 saturated carbocycles. The maximum atomic E-state index is 12.3. The first-order chi connectivity index (χ1) is 13.0. The fourth-order valence-corrected chi connectivity index (χ4v) is 2.86. The number of halogens is 1. The molecule has 1 aromatic heterocycles. The summed E-state index contributed by atoms with van der Waals surface area (Å²) in [7, 11) is 0. The van der Waals surface area contributed by atoms with Gasteiger partial charge in [0, 0.05) is 18.0 Å². The van der Waals surface area contributed by atoms with Crippen molar-refractivity contribution in [2.45, 2.75) is 45.6 Å². The Morgan fingerprint density at radius 3 is 2.48 bits per heavy atom. The first-order valence-corrected chi connectivity index (χ1v) is 9.70. The zero-order chi connectivity index (χ0) is 19.6. The highest BCUT2D eigenvalue weighted by Gasteiger charge is 2.15. The van der Waals surface area contributed by atoms with Gasteiger partial charge < -0.3 is 15.1 Å². The van der Waals surface area contributed by atoms with Crippen LogP contribution in [0, 0.1) is 5.92 Å². The molecule has 27 heavy (non-hydrogen) atoms. The van der Waals surface area contributed by atoms with E-state index in [4.69, 9.17) is 16.0 Å². The Morgan fingerprint density at radius 2 is 1.85 bits per heavy atom. The van der Waals surface area contributed by atoms with Gasteiger partial charge in [0.15, 0.2) is 5.76 Å². The predicted octanol–water partition coefficient (Wildman–Crippen LogP) is 4.74. The third-order valence-electron chi connectivity index (χ3n) is 4.25. The minimum absolute atomic E-state index is 0.0223. The van der Waals surface area contributed by atoms with Gasteiger partial charge in [0.1, 0.15) is 0 Å². The summed E-state index contributed by atoms with van der Waals surface area (Å²) in [5.74, 6) is 0.548. The molecule has 0 radical (unpaired) electrons. The number of rotatable bonds is 10. The van der Waals surface area contributed by atoms with Crippen molar-refractivity contribution in [2.75, 3.05) is 6.54 Å². The van der Waals surface area contributed by atoms with E-state index in [2.05, 4.69) is 24.5 Å². The van der Waals surface area contributed by atoms with Crippen molar-refractivity contribution in [3.8, 4) is 0 Å². The smallest absolute Gasteiger partial charge is 0.286 e. The van der Waals surface area contributed by atoms with Crippen LogP contribution in [0.15, 0.2) is 47.1 Å². The Hall–Kier alpha value is -2.27. The van der Waals surface area contributed by atoms with Crippen molar-refractivity contribution in [2.24, 2.45) is 5.92 Å². The Balaban J connectivity index is 1.80. The Kier molecular flexibility index (Phi) is 8.40. The number of benzene rings is 1. The molecule has 0 aliphatic carbocycles. The van der Waals surface area contributed by atoms with Gasteiger partial charge in [-0.05, 0) is 55.0 Å². The van der Waals surface area contributed by atoms with Crippen LogP contribution in [0.2, 0.25) is 5.02 Å². The van der Waals surface area contributed by atoms with E-state index < -0.39 is 0 Å². The molecular weight excluding hydrogens is 364 g/mol. The Labute approximate surface area is 165 Å². The molecule has 0 saturated heterocycles. The van der Waals surface area contributed by atoms with Crippen LogP contribution in [0.4, 0.5) is 0 Å². The average Bonchev–Trinajstić information content (AvgIpc) is 3.17. The molecule has 2 N–H and O–H groups in total. The normalized spacial score (nSPS) is 12.0. The van der Waals surface area contributed by atoms with Gasteiger partial charge in [-0.25, -0.2) is 0 Å². The molecule has 1 atom stereocenters. The van der Waals surface area contributed by atoms with E-state index in [-0.39, 0.29) is 23.6 Å². The maximum Gasteiger partial charge on any atom is 0.286 e. The summed E-state index contributed by atoms with van der Waals surface area (Å²) in [5, 5.41) is 6.54. The molecule has 0 fully saturated rings. The van der Waals surface area contributed by atoms with Gasteiger partial charge in [-0.2, -0.15) is 0 Å². The van der Waals surface area contributed by atoms with Crippen LogP contribution in [0.3, 0.4) is 0 Å². The summed E-state index contributed by atoms with van der Waals surface area (Å²) in [5.41, 5.74) is 1.06. The molecule has 0 aliphatic rings. The number of nitrogens with one attached hydrogen (secondary N) is 2. The number of furan rings is 1. The number of amides is 2. The topological polar surface area (TPSA) is 71.3 Å². The highest BCUT2D eigenvalue weighted by molar-refractivity contribution is 6.30. The zero-order valence-electron chi connectivity index (χ0n) is 15.8. The van der Waals surface area contributed by atoms with Gasteiger partial charge >= 0.3 is 0 Å². The number of carbonyl (C=O) groups excluding carboxylic acids is 2. The maximum absolute atomic E-state index is 12.3. The monoisotopic (exact) mass is 390 g/mol. The lowest BCUT2D eigenvalue weighted by molar-refractivity contribution is -0.122. The number of hydrogen-bond donors (Lipinski definition) is 2. The lowest BCUT2D eigenvalue weighted by atomic mass is 9.97. The lowest BCUT2D eigenvalue weighted by Crippen LogP contribution is -2.30. The molecule has 1 heterocycles. The van der Waals surface area contributed by atoms with Gasteiger partial charge in [0.25, 0.3) is 5.91 Å². The quantitative estimate of drug-likeness (QED) is 0.576. The van der Waals surface area contributed by atoms with Gasteiger partial charge in [0.2, 0.25) is 5.91 Å². The Bertz CT molecular complexity index is 712. The molecule has 0 bridgehead atoms. The van der Waals surface area contributed by atoms with E-state index in [1.165, 1.54) is 6.26 Å². The van der Waals surface area contributed by atoms with Crippen molar-refractivity contribution >= 4 is 23.4 Å². The molecule has 5 nitrogen and oxygen atoms in total. The second-order valence-electron chi connectivity index (χ2n) is 6.98. The molecule has 0 aliphatic heterocycles. The summed E-state index contributed by atoms with van der Waals surface area (Å²) < 4.78 is 5.03. The van der Waals surface area contributed by atoms with Crippen LogP contribution in [0.5, 0.6) is 0 Å². The van der Waals surface area contributed by atoms with Gasteiger partial charge in [-0.1, -0.05) is 37.6 Å². The highest BCUT2D eigenvalue weighted by Crippen LogP contribution is 2.23. The van der Waals surface area contributed by atoms with Crippen LogP contribution < -0.4 is 10.6 Å². The number of carbonyl (C=O) groups is 2. The van der Waals surface area contributed by atoms with Crippen LogP contribution in [0.25, 0.3) is 0 Å². The Morgan fingerprint density at radius 1 is 1.11 bits per heavy atom. The van der Waals surface area contributed by atoms with E-state index in [0.717, 1.165) is 18.4 Å². The van der Waals surface area contributed by atoms with E-state index in [0.29, 0.717) is 30.3 Å². The van der Waals surface area contributed by atoms with Crippen molar-refractivity contribution < 1.29 is 14.0 Å². The first kappa shape index (κ1) is 21.0. The number of hydrogen-bond acceptors (Lipinski definition) is 3. The van der Waals surface area contributed by atoms with Crippen LogP contribution in [-0.2, 0) is 4.79 Å². The first-order valence-electron chi connectivity index (χ1n) is 9.32. The molecule has 6 heteroatoms. The molecule has 1 unspecified atom stereocenters. The van der Waals surface area contributed by atoms with E-state index >= 15 is 0 Å². The van der Waals surface area contributed by atoms with Crippen molar-refractivity contribution in [3.63, 3.8) is 0 Å². The lowest BCUT2D eigenvalue weighted by Gasteiger charge is -2.20. The van der Waals surface area contributed by atoms with E-state index in [1.807, 2.05) is 24.3 Å². The summed E-state index contributed by atoms with van der Waals surface area (Å²) in [4.78, 5) is 24.1. The molecule has 2 aromatic rings. The molecular formula is C21H27ClN2O3. The summed E-state index contributed by atoms with van der Waals surface area (Å²) in [6.07, 6.45) is 4.27. The molecule has 2 amide bonds. The summed E-state index contributed by atoms with van der Waals surface area (Å²) >= 11 is 5.97. The van der Waals surface area contributed by atoms with Crippen LogP contribution >= 0.6 is 11.6 Å². The minimum atomic E-state index is -0.267. The van der Waals surface area contributed by atoms with E-state index in [9.17, 15) is 9.59 Å². The summed E-state index contributed by atoms with van der Waals surface area (Å²) in [6.45, 7) is 4.76. The van der Waals surface area contributed by atoms with Crippen LogP contribution in [0.1, 0.15) is 61.7 Å². The third kappa shape index (κ3) is 7.47. The molecule has 2 rings (SSSR count). The minimum Gasteiger partial charge on any atom is -0.459 e. The van der Waals surface area contributed by atoms with Crippen molar-refractivity contribution in [1.29, 1.82) is 0 Å². The second kappa shape index (κ2) is 10.8. The van der Waals surface area contributed by atoms with E-state index in [1.54, 1.807) is 12.1 Å². The van der Waals surface area contributed by atoms with Gasteiger partial charge in [-0.15, -0.1) is 0 Å². The van der Waals surface area contributed by atoms with Crippen molar-refractivity contribution in [3.05, 3.63) is 59.0 Å². The molecule has 1 aromatic carbocycles. The highest BCUT2D eigenvalue weighted by atomic mass is 35.5. The fraction of sp³-hybridized carbons (Fsp3) is 0.429. The zero-order valence-corrected chi connectivity index (χ0v) is 16.6. The molecule has 146 valence electrons. The van der Waals surface area contributed by atoms with Crippen molar-refractivity contribution in [1.82, 2.24) is 10.6 Å². The standard InChI is InChI=1S/C21H27ClN2O3/c1-15(2)7-12-18(16-8-10-17(22)11-9-16)24-20(25)6-3-13-23-21(26)19-5-4-14-27-19/h4-5,8-11,14-15,18H,3,6-7,12-13H2,1-2H3,(H,23,26)(H,24,25). The predicted molar refractivity (Wildman–Crippen MR) is 107 cm³/mol. The third-order valence-corrected chi connectivity index (χ3v) is 4.50. The largest absolute Gasteiger partial charge is 0.459 e. The van der Waals surface area contributed by atoms with Crippen LogP contribution in [-0.4, -0.2) is 18.4 Å². The summed E-state index contributed by atoms with van der Waals surface area (Å²) in [6, 6.07) is 10.8. The fourth-order valence-electron chi connectivity index (χ4n) is 2.73. The molecule has 0 spiro atoms. The second-order valence-corrected chi connectivity index (χ2v) is 7.42. The SMILES string of the molecule is CC(C)CCC(NC(=O)CCCNC(=O)c1ccco1)c1ccc(Cl)cc1. The average molecular weight is 391 g/mol.